The first kappa shape index (κ1) is 13.6. The lowest BCUT2D eigenvalue weighted by Gasteiger charge is -2.06. The minimum atomic E-state index is 0.0411. The number of rotatable bonds is 3. The van der Waals surface area contributed by atoms with Gasteiger partial charge in [-0.2, -0.15) is 0 Å². The minimum absolute atomic E-state index is 0.0411. The summed E-state index contributed by atoms with van der Waals surface area (Å²) in [4.78, 5) is 12.9. The van der Waals surface area contributed by atoms with E-state index in [2.05, 4.69) is 11.5 Å². The van der Waals surface area contributed by atoms with E-state index in [1.807, 2.05) is 67.6 Å². The highest BCUT2D eigenvalue weighted by atomic mass is 16.1. The normalized spacial score (nSPS) is 11.8. The lowest BCUT2D eigenvalue weighted by atomic mass is 9.98. The van der Waals surface area contributed by atoms with Crippen LogP contribution in [0.3, 0.4) is 0 Å². The van der Waals surface area contributed by atoms with E-state index in [9.17, 15) is 4.79 Å². The fourth-order valence-corrected chi connectivity index (χ4v) is 3.46. The SMILES string of the molecule is [2H]c1ccc2c(c1)c1cc(C(=O)c3ccccc3C)ccc1n2CC. The second kappa shape index (κ2) is 5.64. The molecule has 0 aliphatic heterocycles. The van der Waals surface area contributed by atoms with Crippen LogP contribution in [0.25, 0.3) is 21.8 Å². The molecule has 1 heterocycles. The Labute approximate surface area is 142 Å². The zero-order chi connectivity index (χ0) is 17.6. The zero-order valence-electron chi connectivity index (χ0n) is 14.8. The monoisotopic (exact) mass is 314 g/mol. The molecule has 3 aromatic carbocycles. The van der Waals surface area contributed by atoms with Crippen molar-refractivity contribution in [2.45, 2.75) is 20.4 Å². The summed E-state index contributed by atoms with van der Waals surface area (Å²) in [5, 5.41) is 2.06. The van der Waals surface area contributed by atoms with Gasteiger partial charge in [-0.1, -0.05) is 42.4 Å². The van der Waals surface area contributed by atoms with Gasteiger partial charge in [0.25, 0.3) is 0 Å². The van der Waals surface area contributed by atoms with Gasteiger partial charge >= 0.3 is 0 Å². The summed E-state index contributed by atoms with van der Waals surface area (Å²) >= 11 is 0. The zero-order valence-corrected chi connectivity index (χ0v) is 13.8. The average molecular weight is 314 g/mol. The second-order valence-electron chi connectivity index (χ2n) is 6.06. The van der Waals surface area contributed by atoms with E-state index in [1.54, 1.807) is 0 Å². The fourth-order valence-electron chi connectivity index (χ4n) is 3.46. The molecule has 0 amide bonds. The molecule has 4 aromatic rings. The van der Waals surface area contributed by atoms with E-state index in [4.69, 9.17) is 1.37 Å². The number of fused-ring (bicyclic) bond motifs is 3. The predicted molar refractivity (Wildman–Crippen MR) is 99.7 cm³/mol. The van der Waals surface area contributed by atoms with E-state index in [0.717, 1.165) is 39.5 Å². The number of hydrogen-bond donors (Lipinski definition) is 0. The number of hydrogen-bond acceptors (Lipinski definition) is 1. The molecular weight excluding hydrogens is 294 g/mol. The van der Waals surface area contributed by atoms with Crippen molar-refractivity contribution in [3.63, 3.8) is 0 Å². The van der Waals surface area contributed by atoms with E-state index in [0.29, 0.717) is 11.6 Å². The number of carbonyl (C=O) groups excluding carboxylic acids is 1. The molecule has 2 heteroatoms. The molecule has 0 spiro atoms. The van der Waals surface area contributed by atoms with Crippen LogP contribution in [0.2, 0.25) is 0 Å². The smallest absolute Gasteiger partial charge is 0.193 e. The van der Waals surface area contributed by atoms with Crippen molar-refractivity contribution in [3.05, 3.63) is 83.4 Å². The molecule has 0 N–H and O–H groups in total. The van der Waals surface area contributed by atoms with Crippen LogP contribution < -0.4 is 0 Å². The summed E-state index contributed by atoms with van der Waals surface area (Å²) in [7, 11) is 0. The number of carbonyl (C=O) groups is 1. The van der Waals surface area contributed by atoms with Crippen molar-refractivity contribution in [1.82, 2.24) is 4.57 Å². The molecule has 0 aliphatic carbocycles. The Morgan fingerprint density at radius 2 is 1.79 bits per heavy atom. The lowest BCUT2D eigenvalue weighted by molar-refractivity contribution is 0.103. The Balaban J connectivity index is 1.96. The van der Waals surface area contributed by atoms with Crippen LogP contribution >= 0.6 is 0 Å². The largest absolute Gasteiger partial charge is 0.341 e. The Hall–Kier alpha value is -2.87. The van der Waals surface area contributed by atoms with Gasteiger partial charge in [0.15, 0.2) is 5.78 Å². The molecule has 118 valence electrons. The lowest BCUT2D eigenvalue weighted by Crippen LogP contribution is -2.03. The maximum atomic E-state index is 12.9. The van der Waals surface area contributed by atoms with Gasteiger partial charge in [0.2, 0.25) is 0 Å². The van der Waals surface area contributed by atoms with Crippen LogP contribution in [0.5, 0.6) is 0 Å². The summed E-state index contributed by atoms with van der Waals surface area (Å²) in [6.07, 6.45) is 0. The standard InChI is InChI=1S/C22H19NO/c1-3-23-20-11-7-6-10-18(20)19-14-16(12-13-21(19)23)22(24)17-9-5-4-8-15(17)2/h4-14H,3H2,1-2H3/i6D. The number of ketones is 1. The fraction of sp³-hybridized carbons (Fsp3) is 0.136. The number of aromatic nitrogens is 1. The first-order valence-electron chi connectivity index (χ1n) is 8.73. The highest BCUT2D eigenvalue weighted by Gasteiger charge is 2.15. The van der Waals surface area contributed by atoms with Crippen molar-refractivity contribution < 1.29 is 6.17 Å². The Morgan fingerprint density at radius 3 is 2.58 bits per heavy atom. The molecule has 24 heavy (non-hydrogen) atoms. The Bertz CT molecular complexity index is 1120. The van der Waals surface area contributed by atoms with Gasteiger partial charge in [-0.05, 0) is 43.7 Å². The summed E-state index contributed by atoms with van der Waals surface area (Å²) in [5.74, 6) is 0.0411. The molecular formula is C22H19NO. The molecule has 0 saturated carbocycles. The summed E-state index contributed by atoms with van der Waals surface area (Å²) in [6.45, 7) is 4.92. The maximum absolute atomic E-state index is 12.9. The van der Waals surface area contributed by atoms with Gasteiger partial charge in [0.1, 0.15) is 0 Å². The third kappa shape index (κ3) is 2.15. The van der Waals surface area contributed by atoms with Crippen LogP contribution in [0.15, 0.2) is 66.7 Å². The second-order valence-corrected chi connectivity index (χ2v) is 6.06. The third-order valence-electron chi connectivity index (χ3n) is 4.68. The van der Waals surface area contributed by atoms with Crippen LogP contribution in [0, 0.1) is 6.92 Å². The van der Waals surface area contributed by atoms with Gasteiger partial charge in [-0.3, -0.25) is 4.79 Å². The highest BCUT2D eigenvalue weighted by molar-refractivity contribution is 6.15. The quantitative estimate of drug-likeness (QED) is 0.467. The van der Waals surface area contributed by atoms with Crippen LogP contribution in [0.1, 0.15) is 29.8 Å². The van der Waals surface area contributed by atoms with Crippen molar-refractivity contribution >= 4 is 27.6 Å². The number of para-hydroxylation sites is 1. The van der Waals surface area contributed by atoms with Crippen molar-refractivity contribution in [3.8, 4) is 0 Å². The van der Waals surface area contributed by atoms with Gasteiger partial charge in [-0.25, -0.2) is 0 Å². The highest BCUT2D eigenvalue weighted by Crippen LogP contribution is 2.30. The van der Waals surface area contributed by atoms with Gasteiger partial charge in [0, 0.05) is 39.5 Å². The average Bonchev–Trinajstić information content (AvgIpc) is 2.93. The Morgan fingerprint density at radius 1 is 1.00 bits per heavy atom. The van der Waals surface area contributed by atoms with Gasteiger partial charge < -0.3 is 4.57 Å². The molecule has 4 rings (SSSR count). The van der Waals surface area contributed by atoms with E-state index < -0.39 is 0 Å². The summed E-state index contributed by atoms with van der Waals surface area (Å²) in [5.41, 5.74) is 4.62. The third-order valence-corrected chi connectivity index (χ3v) is 4.68. The topological polar surface area (TPSA) is 22.0 Å². The molecule has 0 fully saturated rings. The van der Waals surface area contributed by atoms with Crippen molar-refractivity contribution in [2.24, 2.45) is 0 Å². The van der Waals surface area contributed by atoms with Crippen LogP contribution in [0.4, 0.5) is 0 Å². The summed E-state index contributed by atoms with van der Waals surface area (Å²) < 4.78 is 10.2. The Kier molecular flexibility index (Phi) is 3.19. The molecule has 2 nitrogen and oxygen atoms in total. The van der Waals surface area contributed by atoms with Crippen LogP contribution in [-0.4, -0.2) is 10.4 Å². The van der Waals surface area contributed by atoms with E-state index >= 15 is 0 Å². The van der Waals surface area contributed by atoms with E-state index in [1.165, 1.54) is 0 Å². The van der Waals surface area contributed by atoms with Crippen molar-refractivity contribution in [1.29, 1.82) is 0 Å². The minimum Gasteiger partial charge on any atom is -0.341 e. The van der Waals surface area contributed by atoms with E-state index in [-0.39, 0.29) is 5.78 Å². The molecule has 0 aliphatic rings. The van der Waals surface area contributed by atoms with Gasteiger partial charge in [-0.15, -0.1) is 0 Å². The van der Waals surface area contributed by atoms with Crippen molar-refractivity contribution in [2.75, 3.05) is 0 Å². The van der Waals surface area contributed by atoms with Gasteiger partial charge in [0.05, 0.1) is 1.37 Å². The first-order chi connectivity index (χ1) is 12.1. The molecule has 0 unspecified atom stereocenters. The molecule has 0 atom stereocenters. The molecule has 1 aromatic heterocycles. The predicted octanol–water partition coefficient (Wildman–Crippen LogP) is 5.35. The molecule has 0 saturated heterocycles. The number of nitrogens with zero attached hydrogens (tertiary/aromatic N) is 1. The first-order valence-corrected chi connectivity index (χ1v) is 8.23. The van der Waals surface area contributed by atoms with Crippen LogP contribution in [-0.2, 0) is 6.54 Å². The molecule has 0 bridgehead atoms. The maximum Gasteiger partial charge on any atom is 0.193 e. The number of benzene rings is 3. The number of aryl methyl sites for hydroxylation is 2. The summed E-state index contributed by atoms with van der Waals surface area (Å²) in [6, 6.07) is 19.7. The molecule has 0 radical (unpaired) electrons.